The summed E-state index contributed by atoms with van der Waals surface area (Å²) in [6, 6.07) is 28.1. The first-order valence-electron chi connectivity index (χ1n) is 13.2. The Morgan fingerprint density at radius 3 is 2.12 bits per heavy atom. The maximum absolute atomic E-state index is 14.3. The van der Waals surface area contributed by atoms with Crippen LogP contribution in [-0.4, -0.2) is 44.8 Å². The van der Waals surface area contributed by atoms with E-state index in [0.717, 1.165) is 9.87 Å². The monoisotopic (exact) mass is 623 g/mol. The van der Waals surface area contributed by atoms with E-state index in [1.165, 1.54) is 30.1 Å². The van der Waals surface area contributed by atoms with Gasteiger partial charge >= 0.3 is 0 Å². The van der Waals surface area contributed by atoms with Gasteiger partial charge in [-0.25, -0.2) is 8.42 Å². The average molecular weight is 625 g/mol. The van der Waals surface area contributed by atoms with Crippen molar-refractivity contribution in [3.05, 3.63) is 130 Å². The van der Waals surface area contributed by atoms with Crippen molar-refractivity contribution in [2.24, 2.45) is 0 Å². The number of halogens is 2. The highest BCUT2D eigenvalue weighted by molar-refractivity contribution is 7.92. The molecule has 2 amide bonds. The number of rotatable bonds is 11. The number of carbonyl (C=O) groups excluding carboxylic acids is 2. The Kier molecular flexibility index (Phi) is 10.3. The zero-order chi connectivity index (χ0) is 30.3. The molecular formula is C32H31Cl2N3O4S. The lowest BCUT2D eigenvalue weighted by Gasteiger charge is -2.34. The van der Waals surface area contributed by atoms with Gasteiger partial charge < -0.3 is 10.2 Å². The molecule has 218 valence electrons. The number of benzene rings is 4. The first-order chi connectivity index (χ1) is 20.1. The van der Waals surface area contributed by atoms with Crippen molar-refractivity contribution in [3.8, 4) is 0 Å². The largest absolute Gasteiger partial charge is 0.357 e. The Hall–Kier alpha value is -3.85. The van der Waals surface area contributed by atoms with Gasteiger partial charge in [-0.15, -0.1) is 0 Å². The standard InChI is InChI=1S/C32H31Cl2N3O4S/c1-23-17-18-26(33)20-29(23)37(42(40,41)27-14-7-4-8-15-27)22-31(38)36(21-25-13-9-10-16-28(25)34)30(32(39)35-2)19-24-11-5-3-6-12-24/h3-18,20,30H,19,21-22H2,1-2H3,(H,35,39). The maximum Gasteiger partial charge on any atom is 0.264 e. The number of nitrogens with zero attached hydrogens (tertiary/aromatic N) is 2. The predicted molar refractivity (Wildman–Crippen MR) is 167 cm³/mol. The van der Waals surface area contributed by atoms with E-state index >= 15 is 0 Å². The topological polar surface area (TPSA) is 86.8 Å². The van der Waals surface area contributed by atoms with Crippen LogP contribution in [-0.2, 0) is 32.6 Å². The van der Waals surface area contributed by atoms with Crippen LogP contribution in [0.25, 0.3) is 0 Å². The van der Waals surface area contributed by atoms with Crippen molar-refractivity contribution < 1.29 is 18.0 Å². The zero-order valence-electron chi connectivity index (χ0n) is 23.2. The molecule has 0 fully saturated rings. The number of nitrogens with one attached hydrogen (secondary N) is 1. The Morgan fingerprint density at radius 2 is 1.48 bits per heavy atom. The molecule has 4 aromatic rings. The molecule has 0 aliphatic heterocycles. The third-order valence-electron chi connectivity index (χ3n) is 6.87. The number of sulfonamides is 1. The molecule has 1 N–H and O–H groups in total. The molecule has 1 unspecified atom stereocenters. The quantitative estimate of drug-likeness (QED) is 0.226. The number of anilines is 1. The lowest BCUT2D eigenvalue weighted by Crippen LogP contribution is -2.53. The Bertz CT molecular complexity index is 1650. The van der Waals surface area contributed by atoms with Gasteiger partial charge in [0.2, 0.25) is 11.8 Å². The van der Waals surface area contributed by atoms with E-state index in [-0.39, 0.29) is 23.5 Å². The van der Waals surface area contributed by atoms with Crippen LogP contribution in [0.15, 0.2) is 108 Å². The fourth-order valence-electron chi connectivity index (χ4n) is 4.61. The third kappa shape index (κ3) is 7.31. The molecule has 42 heavy (non-hydrogen) atoms. The van der Waals surface area contributed by atoms with Crippen molar-refractivity contribution in [1.29, 1.82) is 0 Å². The Morgan fingerprint density at radius 1 is 0.857 bits per heavy atom. The van der Waals surface area contributed by atoms with Gasteiger partial charge in [0.15, 0.2) is 0 Å². The third-order valence-corrected chi connectivity index (χ3v) is 9.24. The number of aryl methyl sites for hydroxylation is 1. The summed E-state index contributed by atoms with van der Waals surface area (Å²) in [7, 11) is -2.71. The molecule has 1 atom stereocenters. The fraction of sp³-hybridized carbons (Fsp3) is 0.188. The summed E-state index contributed by atoms with van der Waals surface area (Å²) in [6.45, 7) is 1.15. The van der Waals surface area contributed by atoms with Gasteiger partial charge in [0.1, 0.15) is 12.6 Å². The molecule has 0 saturated carbocycles. The smallest absolute Gasteiger partial charge is 0.264 e. The normalized spacial score (nSPS) is 11.9. The minimum absolute atomic E-state index is 0.0157. The number of likely N-dealkylation sites (N-methyl/N-ethyl adjacent to an activating group) is 1. The van der Waals surface area contributed by atoms with Gasteiger partial charge in [0, 0.05) is 30.1 Å². The van der Waals surface area contributed by atoms with Crippen LogP contribution in [0.4, 0.5) is 5.69 Å². The first kappa shape index (κ1) is 31.1. The summed E-state index contributed by atoms with van der Waals surface area (Å²) in [5.74, 6) is -0.978. The van der Waals surface area contributed by atoms with Crippen molar-refractivity contribution in [2.45, 2.75) is 30.8 Å². The Labute approximate surface area is 256 Å². The number of hydrogen-bond donors (Lipinski definition) is 1. The van der Waals surface area contributed by atoms with E-state index in [4.69, 9.17) is 23.2 Å². The SMILES string of the molecule is CNC(=O)C(Cc1ccccc1)N(Cc1ccccc1Cl)C(=O)CN(c1cc(Cl)ccc1C)S(=O)(=O)c1ccccc1. The minimum Gasteiger partial charge on any atom is -0.357 e. The predicted octanol–water partition coefficient (Wildman–Crippen LogP) is 5.88. The van der Waals surface area contributed by atoms with E-state index in [1.54, 1.807) is 61.5 Å². The van der Waals surface area contributed by atoms with Crippen molar-refractivity contribution >= 4 is 50.7 Å². The highest BCUT2D eigenvalue weighted by atomic mass is 35.5. The van der Waals surface area contributed by atoms with Crippen LogP contribution in [0.2, 0.25) is 10.0 Å². The van der Waals surface area contributed by atoms with Crippen LogP contribution in [0.3, 0.4) is 0 Å². The highest BCUT2D eigenvalue weighted by Crippen LogP contribution is 2.30. The summed E-state index contributed by atoms with van der Waals surface area (Å²) >= 11 is 12.8. The molecule has 0 aliphatic rings. The van der Waals surface area contributed by atoms with Gasteiger partial charge in [-0.3, -0.25) is 13.9 Å². The minimum atomic E-state index is -4.21. The fourth-order valence-corrected chi connectivity index (χ4v) is 6.47. The van der Waals surface area contributed by atoms with E-state index in [2.05, 4.69) is 5.32 Å². The van der Waals surface area contributed by atoms with E-state index < -0.39 is 34.4 Å². The molecule has 0 spiro atoms. The summed E-state index contributed by atoms with van der Waals surface area (Å²) in [4.78, 5) is 29.1. The van der Waals surface area contributed by atoms with Gasteiger partial charge in [0.25, 0.3) is 10.0 Å². The van der Waals surface area contributed by atoms with Gasteiger partial charge in [-0.05, 0) is 53.9 Å². The van der Waals surface area contributed by atoms with Gasteiger partial charge in [0.05, 0.1) is 10.6 Å². The molecule has 0 bridgehead atoms. The second-order valence-corrected chi connectivity index (χ2v) is 12.4. The lowest BCUT2D eigenvalue weighted by molar-refractivity contribution is -0.139. The molecule has 0 aliphatic carbocycles. The molecule has 7 nitrogen and oxygen atoms in total. The molecule has 4 rings (SSSR count). The molecular weight excluding hydrogens is 593 g/mol. The van der Waals surface area contributed by atoms with E-state index in [1.807, 2.05) is 30.3 Å². The molecule has 0 saturated heterocycles. The number of carbonyl (C=O) groups is 2. The Balaban J connectivity index is 1.82. The second-order valence-electron chi connectivity index (χ2n) is 9.69. The molecule has 4 aromatic carbocycles. The summed E-state index contributed by atoms with van der Waals surface area (Å²) in [5, 5.41) is 3.40. The van der Waals surface area contributed by atoms with Gasteiger partial charge in [-0.1, -0.05) is 96.0 Å². The molecule has 0 heterocycles. The highest BCUT2D eigenvalue weighted by Gasteiger charge is 2.35. The maximum atomic E-state index is 14.3. The number of amides is 2. The molecule has 10 heteroatoms. The zero-order valence-corrected chi connectivity index (χ0v) is 25.5. The second kappa shape index (κ2) is 13.9. The van der Waals surface area contributed by atoms with Crippen molar-refractivity contribution in [1.82, 2.24) is 10.2 Å². The molecule has 0 radical (unpaired) electrons. The number of hydrogen-bond acceptors (Lipinski definition) is 4. The van der Waals surface area contributed by atoms with Crippen LogP contribution in [0, 0.1) is 6.92 Å². The first-order valence-corrected chi connectivity index (χ1v) is 15.4. The summed E-state index contributed by atoms with van der Waals surface area (Å²) in [6.07, 6.45) is 0.207. The van der Waals surface area contributed by atoms with Crippen LogP contribution >= 0.6 is 23.2 Å². The van der Waals surface area contributed by atoms with Crippen molar-refractivity contribution in [3.63, 3.8) is 0 Å². The van der Waals surface area contributed by atoms with Crippen LogP contribution < -0.4 is 9.62 Å². The van der Waals surface area contributed by atoms with E-state index in [0.29, 0.717) is 21.2 Å². The summed E-state index contributed by atoms with van der Waals surface area (Å²) in [5.41, 5.74) is 2.32. The van der Waals surface area contributed by atoms with Crippen LogP contribution in [0.5, 0.6) is 0 Å². The average Bonchev–Trinajstić information content (AvgIpc) is 3.00. The lowest BCUT2D eigenvalue weighted by atomic mass is 10.0. The summed E-state index contributed by atoms with van der Waals surface area (Å²) < 4.78 is 29.1. The molecule has 0 aromatic heterocycles. The van der Waals surface area contributed by atoms with Crippen LogP contribution in [0.1, 0.15) is 16.7 Å². The van der Waals surface area contributed by atoms with Crippen molar-refractivity contribution in [2.75, 3.05) is 17.9 Å². The van der Waals surface area contributed by atoms with Gasteiger partial charge in [-0.2, -0.15) is 0 Å². The van der Waals surface area contributed by atoms with E-state index in [9.17, 15) is 18.0 Å².